The first-order valence-corrected chi connectivity index (χ1v) is 7.81. The van der Waals surface area contributed by atoms with Crippen LogP contribution in [0.4, 0.5) is 0 Å². The third kappa shape index (κ3) is 2.23. The van der Waals surface area contributed by atoms with E-state index >= 15 is 0 Å². The molecule has 1 heteroatoms. The number of aryl methyl sites for hydroxylation is 2. The van der Waals surface area contributed by atoms with Crippen LogP contribution in [0.15, 0.2) is 18.2 Å². The summed E-state index contributed by atoms with van der Waals surface area (Å²) in [4.78, 5) is 0. The molecule has 2 aliphatic rings. The predicted octanol–water partition coefficient (Wildman–Crippen LogP) is 4.20. The van der Waals surface area contributed by atoms with Crippen LogP contribution in [0.3, 0.4) is 0 Å². The maximum absolute atomic E-state index is 11.3. The zero-order valence-electron chi connectivity index (χ0n) is 12.4. The molecule has 0 aromatic heterocycles. The topological polar surface area (TPSA) is 20.2 Å². The second-order valence-electron chi connectivity index (χ2n) is 7.20. The molecule has 19 heavy (non-hydrogen) atoms. The zero-order chi connectivity index (χ0) is 13.6. The van der Waals surface area contributed by atoms with Crippen LogP contribution in [0, 0.1) is 24.7 Å². The third-order valence-corrected chi connectivity index (χ3v) is 5.36. The van der Waals surface area contributed by atoms with Crippen LogP contribution in [-0.4, -0.2) is 5.11 Å². The number of hydrogen-bond acceptors (Lipinski definition) is 1. The monoisotopic (exact) mass is 258 g/mol. The van der Waals surface area contributed by atoms with Crippen molar-refractivity contribution in [3.63, 3.8) is 0 Å². The fraction of sp³-hybridized carbons (Fsp3) is 0.667. The van der Waals surface area contributed by atoms with Crippen molar-refractivity contribution < 1.29 is 5.11 Å². The van der Waals surface area contributed by atoms with Crippen LogP contribution in [0.1, 0.15) is 56.2 Å². The molecule has 1 nitrogen and oxygen atoms in total. The molecule has 1 fully saturated rings. The smallest absolute Gasteiger partial charge is 0.0930 e. The summed E-state index contributed by atoms with van der Waals surface area (Å²) in [5.74, 6) is 1.97. The van der Waals surface area contributed by atoms with Gasteiger partial charge in [0.15, 0.2) is 0 Å². The molecule has 3 rings (SSSR count). The molecule has 0 heterocycles. The summed E-state index contributed by atoms with van der Waals surface area (Å²) in [7, 11) is 0. The molecule has 0 radical (unpaired) electrons. The SMILES string of the molecule is Cc1ccc2c(c1)C(O)(C1CC(C)CC(C)C1)CC2. The molecule has 0 bridgehead atoms. The summed E-state index contributed by atoms with van der Waals surface area (Å²) >= 11 is 0. The van der Waals surface area contributed by atoms with E-state index < -0.39 is 5.60 Å². The highest BCUT2D eigenvalue weighted by molar-refractivity contribution is 5.40. The molecular formula is C18H26O. The lowest BCUT2D eigenvalue weighted by Crippen LogP contribution is -2.37. The Balaban J connectivity index is 1.95. The van der Waals surface area contributed by atoms with Gasteiger partial charge in [-0.15, -0.1) is 0 Å². The Morgan fingerprint density at radius 1 is 1.11 bits per heavy atom. The highest BCUT2D eigenvalue weighted by Gasteiger charge is 2.45. The molecule has 0 saturated heterocycles. The van der Waals surface area contributed by atoms with Crippen molar-refractivity contribution in [2.75, 3.05) is 0 Å². The lowest BCUT2D eigenvalue weighted by molar-refractivity contribution is -0.0527. The van der Waals surface area contributed by atoms with Crippen LogP contribution < -0.4 is 0 Å². The Morgan fingerprint density at radius 3 is 2.47 bits per heavy atom. The Morgan fingerprint density at radius 2 is 1.79 bits per heavy atom. The van der Waals surface area contributed by atoms with Gasteiger partial charge in [-0.3, -0.25) is 0 Å². The van der Waals surface area contributed by atoms with E-state index in [1.54, 1.807) is 0 Å². The first-order chi connectivity index (χ1) is 8.99. The highest BCUT2D eigenvalue weighted by Crippen LogP contribution is 2.49. The zero-order valence-corrected chi connectivity index (χ0v) is 12.4. The molecule has 1 saturated carbocycles. The normalized spacial score (nSPS) is 38.2. The first-order valence-electron chi connectivity index (χ1n) is 7.81. The van der Waals surface area contributed by atoms with Gasteiger partial charge in [-0.2, -0.15) is 0 Å². The number of fused-ring (bicyclic) bond motifs is 1. The minimum absolute atomic E-state index is 0.453. The van der Waals surface area contributed by atoms with E-state index in [0.717, 1.165) is 24.7 Å². The van der Waals surface area contributed by atoms with Gasteiger partial charge in [-0.1, -0.05) is 37.6 Å². The standard InChI is InChI=1S/C18H26O/c1-12-4-5-15-6-7-18(19,17(15)11-12)16-9-13(2)8-14(3)10-16/h4-5,11,13-14,16,19H,6-10H2,1-3H3. The first kappa shape index (κ1) is 13.2. The summed E-state index contributed by atoms with van der Waals surface area (Å²) < 4.78 is 0. The van der Waals surface area contributed by atoms with Crippen LogP contribution in [0.25, 0.3) is 0 Å². The lowest BCUT2D eigenvalue weighted by atomic mass is 9.68. The van der Waals surface area contributed by atoms with E-state index in [1.165, 1.54) is 36.0 Å². The highest BCUT2D eigenvalue weighted by atomic mass is 16.3. The van der Waals surface area contributed by atoms with Gasteiger partial charge in [0.25, 0.3) is 0 Å². The Bertz CT molecular complexity index is 469. The van der Waals surface area contributed by atoms with E-state index in [2.05, 4.69) is 39.0 Å². The molecule has 0 spiro atoms. The number of aliphatic hydroxyl groups is 1. The molecule has 3 atom stereocenters. The van der Waals surface area contributed by atoms with Gasteiger partial charge in [-0.25, -0.2) is 0 Å². The number of rotatable bonds is 1. The van der Waals surface area contributed by atoms with E-state index in [4.69, 9.17) is 0 Å². The summed E-state index contributed by atoms with van der Waals surface area (Å²) in [5.41, 5.74) is 3.33. The Hall–Kier alpha value is -0.820. The Kier molecular flexibility index (Phi) is 3.21. The van der Waals surface area contributed by atoms with Crippen molar-refractivity contribution in [1.29, 1.82) is 0 Å². The van der Waals surface area contributed by atoms with Crippen molar-refractivity contribution in [2.24, 2.45) is 17.8 Å². The van der Waals surface area contributed by atoms with Gasteiger partial charge in [0.05, 0.1) is 5.60 Å². The van der Waals surface area contributed by atoms with Gasteiger partial charge < -0.3 is 5.11 Å². The minimum atomic E-state index is -0.551. The lowest BCUT2D eigenvalue weighted by Gasteiger charge is -2.41. The molecule has 1 aromatic carbocycles. The summed E-state index contributed by atoms with van der Waals surface area (Å²) in [6.45, 7) is 6.82. The van der Waals surface area contributed by atoms with Crippen molar-refractivity contribution in [3.8, 4) is 0 Å². The molecule has 1 aromatic rings. The molecule has 1 N–H and O–H groups in total. The second-order valence-corrected chi connectivity index (χ2v) is 7.20. The van der Waals surface area contributed by atoms with E-state index in [-0.39, 0.29) is 0 Å². The maximum Gasteiger partial charge on any atom is 0.0930 e. The number of benzene rings is 1. The average Bonchev–Trinajstić information content (AvgIpc) is 2.67. The minimum Gasteiger partial charge on any atom is -0.385 e. The summed E-state index contributed by atoms with van der Waals surface area (Å²) in [6.07, 6.45) is 5.68. The number of hydrogen-bond donors (Lipinski definition) is 1. The van der Waals surface area contributed by atoms with Gasteiger partial charge >= 0.3 is 0 Å². The molecular weight excluding hydrogens is 232 g/mol. The average molecular weight is 258 g/mol. The van der Waals surface area contributed by atoms with E-state index in [1.807, 2.05) is 0 Å². The van der Waals surface area contributed by atoms with Crippen molar-refractivity contribution in [2.45, 2.75) is 58.5 Å². The van der Waals surface area contributed by atoms with Crippen molar-refractivity contribution >= 4 is 0 Å². The summed E-state index contributed by atoms with van der Waals surface area (Å²) in [6, 6.07) is 6.63. The second kappa shape index (κ2) is 4.63. The third-order valence-electron chi connectivity index (χ3n) is 5.36. The molecule has 0 amide bonds. The summed E-state index contributed by atoms with van der Waals surface area (Å²) in [5, 5.41) is 11.3. The van der Waals surface area contributed by atoms with Crippen LogP contribution in [0.5, 0.6) is 0 Å². The fourth-order valence-electron chi connectivity index (χ4n) is 4.53. The van der Waals surface area contributed by atoms with Gasteiger partial charge in [-0.05, 0) is 67.9 Å². The maximum atomic E-state index is 11.3. The van der Waals surface area contributed by atoms with Crippen LogP contribution >= 0.6 is 0 Å². The molecule has 104 valence electrons. The van der Waals surface area contributed by atoms with Crippen LogP contribution in [-0.2, 0) is 12.0 Å². The predicted molar refractivity (Wildman–Crippen MR) is 79.1 cm³/mol. The van der Waals surface area contributed by atoms with Gasteiger partial charge in [0, 0.05) is 0 Å². The molecule has 0 aliphatic heterocycles. The van der Waals surface area contributed by atoms with Gasteiger partial charge in [0.1, 0.15) is 0 Å². The Labute approximate surface area is 117 Å². The fourth-order valence-corrected chi connectivity index (χ4v) is 4.53. The van der Waals surface area contributed by atoms with Crippen molar-refractivity contribution in [3.05, 3.63) is 34.9 Å². The molecule has 2 aliphatic carbocycles. The van der Waals surface area contributed by atoms with E-state index in [9.17, 15) is 5.11 Å². The van der Waals surface area contributed by atoms with Crippen molar-refractivity contribution in [1.82, 2.24) is 0 Å². The largest absolute Gasteiger partial charge is 0.385 e. The van der Waals surface area contributed by atoms with E-state index in [0.29, 0.717) is 5.92 Å². The quantitative estimate of drug-likeness (QED) is 0.800. The van der Waals surface area contributed by atoms with Crippen LogP contribution in [0.2, 0.25) is 0 Å². The molecule has 3 unspecified atom stereocenters. The van der Waals surface area contributed by atoms with Gasteiger partial charge in [0.2, 0.25) is 0 Å².